The molecule has 2 aliphatic rings. The summed E-state index contributed by atoms with van der Waals surface area (Å²) < 4.78 is 10.8. The van der Waals surface area contributed by atoms with Crippen LogP contribution in [0, 0.1) is 0 Å². The van der Waals surface area contributed by atoms with Crippen LogP contribution < -0.4 is 19.7 Å². The van der Waals surface area contributed by atoms with Gasteiger partial charge < -0.3 is 19.7 Å². The van der Waals surface area contributed by atoms with Gasteiger partial charge in [0.25, 0.3) is 0 Å². The average Bonchev–Trinajstić information content (AvgIpc) is 3.46. The van der Waals surface area contributed by atoms with Gasteiger partial charge in [0.05, 0.1) is 12.1 Å². The molecule has 3 heterocycles. The van der Waals surface area contributed by atoms with Crippen LogP contribution in [0.4, 0.5) is 5.69 Å². The molecule has 1 aromatic heterocycles. The first kappa shape index (κ1) is 18.9. The molecule has 0 saturated carbocycles. The van der Waals surface area contributed by atoms with Crippen molar-refractivity contribution in [3.05, 3.63) is 59.1 Å². The maximum Gasteiger partial charge on any atom is 0.231 e. The molecule has 1 unspecified atom stereocenters. The summed E-state index contributed by atoms with van der Waals surface area (Å²) in [5.74, 6) is 1.49. The highest BCUT2D eigenvalue weighted by Crippen LogP contribution is 2.36. The van der Waals surface area contributed by atoms with Gasteiger partial charge in [-0.15, -0.1) is 11.3 Å². The number of carbonyl (C=O) groups is 1. The zero-order chi connectivity index (χ0) is 20.5. The Morgan fingerprint density at radius 3 is 3.03 bits per heavy atom. The standard InChI is InChI=1S/C23H23N3O3S/c1-15-10-16-4-2-3-5-19(16)26(15)9-8-24-22(27)12-18-13-30-23(25-18)17-6-7-20-21(11-17)29-14-28-20/h2-7,11,13,15H,8-10,12,14H2,1H3,(H,24,27). The molecule has 1 atom stereocenters. The molecule has 1 N–H and O–H groups in total. The SMILES string of the molecule is CC1Cc2ccccc2N1CCNC(=O)Cc1csc(-c2ccc3c(c2)OCO3)n1. The molecule has 0 bridgehead atoms. The molecular formula is C23H23N3O3S. The second-order valence-electron chi connectivity index (χ2n) is 7.61. The van der Waals surface area contributed by atoms with Crippen molar-refractivity contribution in [2.45, 2.75) is 25.8 Å². The lowest BCUT2D eigenvalue weighted by Crippen LogP contribution is -2.38. The zero-order valence-corrected chi connectivity index (χ0v) is 17.6. The third-order valence-electron chi connectivity index (χ3n) is 5.54. The molecule has 0 radical (unpaired) electrons. The van der Waals surface area contributed by atoms with Crippen LogP contribution in [0.5, 0.6) is 11.5 Å². The molecule has 30 heavy (non-hydrogen) atoms. The first-order valence-electron chi connectivity index (χ1n) is 10.1. The van der Waals surface area contributed by atoms with E-state index >= 15 is 0 Å². The lowest BCUT2D eigenvalue weighted by molar-refractivity contribution is -0.120. The van der Waals surface area contributed by atoms with Crippen LogP contribution in [0.2, 0.25) is 0 Å². The number of amides is 1. The minimum Gasteiger partial charge on any atom is -0.454 e. The summed E-state index contributed by atoms with van der Waals surface area (Å²) in [6.07, 6.45) is 1.35. The van der Waals surface area contributed by atoms with E-state index in [1.54, 1.807) is 0 Å². The number of nitrogens with zero attached hydrogens (tertiary/aromatic N) is 2. The van der Waals surface area contributed by atoms with E-state index in [9.17, 15) is 4.79 Å². The lowest BCUT2D eigenvalue weighted by atomic mass is 10.1. The summed E-state index contributed by atoms with van der Waals surface area (Å²) in [6, 6.07) is 14.7. The maximum absolute atomic E-state index is 12.4. The van der Waals surface area contributed by atoms with Crippen molar-refractivity contribution in [2.75, 3.05) is 24.8 Å². The molecule has 5 rings (SSSR count). The van der Waals surface area contributed by atoms with Crippen LogP contribution >= 0.6 is 11.3 Å². The van der Waals surface area contributed by atoms with E-state index in [1.807, 2.05) is 23.6 Å². The number of thiazole rings is 1. The predicted octanol–water partition coefficient (Wildman–Crippen LogP) is 3.65. The molecule has 7 heteroatoms. The highest BCUT2D eigenvalue weighted by atomic mass is 32.1. The number of aromatic nitrogens is 1. The Labute approximate surface area is 179 Å². The third-order valence-corrected chi connectivity index (χ3v) is 6.48. The molecule has 154 valence electrons. The monoisotopic (exact) mass is 421 g/mol. The van der Waals surface area contributed by atoms with Crippen LogP contribution in [-0.2, 0) is 17.6 Å². The number of carbonyl (C=O) groups excluding carboxylic acids is 1. The molecule has 0 aliphatic carbocycles. The van der Waals surface area contributed by atoms with Crippen LogP contribution in [-0.4, -0.2) is 36.8 Å². The first-order chi connectivity index (χ1) is 14.7. The molecule has 6 nitrogen and oxygen atoms in total. The smallest absolute Gasteiger partial charge is 0.231 e. The number of ether oxygens (including phenoxy) is 2. The summed E-state index contributed by atoms with van der Waals surface area (Å²) in [4.78, 5) is 19.4. The van der Waals surface area contributed by atoms with Crippen molar-refractivity contribution in [1.29, 1.82) is 0 Å². The van der Waals surface area contributed by atoms with Crippen molar-refractivity contribution in [3.8, 4) is 22.1 Å². The highest BCUT2D eigenvalue weighted by Gasteiger charge is 2.25. The van der Waals surface area contributed by atoms with Crippen molar-refractivity contribution in [1.82, 2.24) is 10.3 Å². The second-order valence-corrected chi connectivity index (χ2v) is 8.47. The van der Waals surface area contributed by atoms with Crippen LogP contribution in [0.3, 0.4) is 0 Å². The maximum atomic E-state index is 12.4. The van der Waals surface area contributed by atoms with Crippen molar-refractivity contribution >= 4 is 22.9 Å². The van der Waals surface area contributed by atoms with E-state index in [4.69, 9.17) is 9.47 Å². The van der Waals surface area contributed by atoms with E-state index in [0.717, 1.165) is 40.7 Å². The summed E-state index contributed by atoms with van der Waals surface area (Å²) in [5.41, 5.74) is 4.42. The minimum atomic E-state index is -0.00216. The highest BCUT2D eigenvalue weighted by molar-refractivity contribution is 7.13. The number of hydrogen-bond acceptors (Lipinski definition) is 6. The predicted molar refractivity (Wildman–Crippen MR) is 117 cm³/mol. The molecule has 0 spiro atoms. The van der Waals surface area contributed by atoms with Gasteiger partial charge in [-0.2, -0.15) is 0 Å². The van der Waals surface area contributed by atoms with E-state index in [-0.39, 0.29) is 19.1 Å². The number of rotatable bonds is 6. The van der Waals surface area contributed by atoms with Crippen LogP contribution in [0.1, 0.15) is 18.2 Å². The van der Waals surface area contributed by atoms with Gasteiger partial charge in [-0.1, -0.05) is 18.2 Å². The van der Waals surface area contributed by atoms with Gasteiger partial charge in [-0.3, -0.25) is 4.79 Å². The van der Waals surface area contributed by atoms with E-state index in [1.165, 1.54) is 22.6 Å². The van der Waals surface area contributed by atoms with Gasteiger partial charge >= 0.3 is 0 Å². The second kappa shape index (κ2) is 7.99. The summed E-state index contributed by atoms with van der Waals surface area (Å²) in [5, 5.41) is 5.86. The first-order valence-corrected chi connectivity index (χ1v) is 11.0. The zero-order valence-electron chi connectivity index (χ0n) is 16.8. The van der Waals surface area contributed by atoms with Crippen LogP contribution in [0.25, 0.3) is 10.6 Å². The fourth-order valence-electron chi connectivity index (χ4n) is 4.06. The van der Waals surface area contributed by atoms with Crippen molar-refractivity contribution < 1.29 is 14.3 Å². The number of nitrogens with one attached hydrogen (secondary N) is 1. The number of benzene rings is 2. The summed E-state index contributed by atoms with van der Waals surface area (Å²) >= 11 is 1.53. The van der Waals surface area contributed by atoms with E-state index in [0.29, 0.717) is 12.6 Å². The van der Waals surface area contributed by atoms with Crippen molar-refractivity contribution in [2.24, 2.45) is 0 Å². The summed E-state index contributed by atoms with van der Waals surface area (Å²) in [7, 11) is 0. The number of anilines is 1. The van der Waals surface area contributed by atoms with Crippen molar-refractivity contribution in [3.63, 3.8) is 0 Å². The lowest BCUT2D eigenvalue weighted by Gasteiger charge is -2.25. The molecule has 1 amide bonds. The normalized spacial score (nSPS) is 16.6. The Hall–Kier alpha value is -3.06. The third kappa shape index (κ3) is 3.73. The van der Waals surface area contributed by atoms with Gasteiger partial charge in [0, 0.05) is 35.8 Å². The number of hydrogen-bond donors (Lipinski definition) is 1. The molecular weight excluding hydrogens is 398 g/mol. The van der Waals surface area contributed by atoms with Gasteiger partial charge in [0.15, 0.2) is 11.5 Å². The largest absolute Gasteiger partial charge is 0.454 e. The Bertz CT molecular complexity index is 1080. The van der Waals surface area contributed by atoms with Gasteiger partial charge in [-0.05, 0) is 43.2 Å². The van der Waals surface area contributed by atoms with Gasteiger partial charge in [-0.25, -0.2) is 4.98 Å². The molecule has 0 fully saturated rings. The fraction of sp³-hybridized carbons (Fsp3) is 0.304. The van der Waals surface area contributed by atoms with E-state index < -0.39 is 0 Å². The Morgan fingerprint density at radius 2 is 2.10 bits per heavy atom. The number of fused-ring (bicyclic) bond motifs is 2. The molecule has 2 aromatic carbocycles. The Morgan fingerprint density at radius 1 is 1.23 bits per heavy atom. The molecule has 3 aromatic rings. The topological polar surface area (TPSA) is 63.7 Å². The Kier molecular flexibility index (Phi) is 5.04. The van der Waals surface area contributed by atoms with Gasteiger partial charge in [0.1, 0.15) is 5.01 Å². The molecule has 2 aliphatic heterocycles. The quantitative estimate of drug-likeness (QED) is 0.658. The van der Waals surface area contributed by atoms with E-state index in [2.05, 4.69) is 46.4 Å². The molecule has 0 saturated heterocycles. The van der Waals surface area contributed by atoms with Crippen LogP contribution in [0.15, 0.2) is 47.8 Å². The van der Waals surface area contributed by atoms with Gasteiger partial charge in [0.2, 0.25) is 12.7 Å². The minimum absolute atomic E-state index is 0.00216. The fourth-order valence-corrected chi connectivity index (χ4v) is 4.88. The Balaban J connectivity index is 1.15. The summed E-state index contributed by atoms with van der Waals surface area (Å²) in [6.45, 7) is 3.92. The number of para-hydroxylation sites is 1. The average molecular weight is 422 g/mol.